The summed E-state index contributed by atoms with van der Waals surface area (Å²) in [6, 6.07) is -0.0941. The smallest absolute Gasteiger partial charge is 0.329 e. The summed E-state index contributed by atoms with van der Waals surface area (Å²) in [5, 5.41) is 11.1. The molecular formula is C12H22N2O4. The fourth-order valence-electron chi connectivity index (χ4n) is 1.84. The summed E-state index contributed by atoms with van der Waals surface area (Å²) < 4.78 is 4.84. The number of carbonyl (C=O) groups excluding carboxylic acids is 1. The van der Waals surface area contributed by atoms with E-state index in [1.165, 1.54) is 19.3 Å². The molecule has 0 aromatic heterocycles. The number of carboxylic acids is 1. The number of carbonyl (C=O) groups is 2. The van der Waals surface area contributed by atoms with Gasteiger partial charge in [0.1, 0.15) is 6.61 Å². The molecule has 0 unspecified atom stereocenters. The first-order valence-corrected chi connectivity index (χ1v) is 6.45. The van der Waals surface area contributed by atoms with Gasteiger partial charge in [0, 0.05) is 19.6 Å². The number of carboxylic acid groups (broad SMARTS) is 1. The topological polar surface area (TPSA) is 78.9 Å². The first-order valence-electron chi connectivity index (χ1n) is 6.45. The third-order valence-corrected chi connectivity index (χ3v) is 3.12. The molecule has 0 atom stereocenters. The number of nitrogens with zero attached hydrogens (tertiary/aromatic N) is 1. The predicted octanol–water partition coefficient (Wildman–Crippen LogP) is 0.919. The SMILES string of the molecule is CCN(CC1CCC1)C(=O)NCCOCC(=O)O. The van der Waals surface area contributed by atoms with Gasteiger partial charge in [-0.05, 0) is 25.7 Å². The van der Waals surface area contributed by atoms with Crippen molar-refractivity contribution in [2.45, 2.75) is 26.2 Å². The highest BCUT2D eigenvalue weighted by atomic mass is 16.5. The van der Waals surface area contributed by atoms with Gasteiger partial charge in [-0.3, -0.25) is 0 Å². The highest BCUT2D eigenvalue weighted by molar-refractivity contribution is 5.74. The molecule has 2 N–H and O–H groups in total. The zero-order valence-corrected chi connectivity index (χ0v) is 10.9. The minimum Gasteiger partial charge on any atom is -0.480 e. The second kappa shape index (κ2) is 7.92. The van der Waals surface area contributed by atoms with Gasteiger partial charge in [-0.25, -0.2) is 9.59 Å². The van der Waals surface area contributed by atoms with Gasteiger partial charge in [0.15, 0.2) is 0 Å². The minimum atomic E-state index is -0.999. The second-order valence-electron chi connectivity index (χ2n) is 4.51. The second-order valence-corrected chi connectivity index (χ2v) is 4.51. The highest BCUT2D eigenvalue weighted by Crippen LogP contribution is 2.26. The summed E-state index contributed by atoms with van der Waals surface area (Å²) >= 11 is 0. The molecule has 0 spiro atoms. The normalized spacial score (nSPS) is 14.9. The standard InChI is InChI=1S/C12H22N2O4/c1-2-14(8-10-4-3-5-10)12(17)13-6-7-18-9-11(15)16/h10H,2-9H2,1H3,(H,13,17)(H,15,16). The first kappa shape index (κ1) is 14.8. The lowest BCUT2D eigenvalue weighted by Gasteiger charge is -2.31. The maximum atomic E-state index is 11.8. The van der Waals surface area contributed by atoms with Gasteiger partial charge in [-0.2, -0.15) is 0 Å². The van der Waals surface area contributed by atoms with Crippen LogP contribution >= 0.6 is 0 Å². The monoisotopic (exact) mass is 258 g/mol. The highest BCUT2D eigenvalue weighted by Gasteiger charge is 2.22. The summed E-state index contributed by atoms with van der Waals surface area (Å²) in [6.07, 6.45) is 3.70. The van der Waals surface area contributed by atoms with E-state index in [4.69, 9.17) is 9.84 Å². The maximum absolute atomic E-state index is 11.8. The van der Waals surface area contributed by atoms with E-state index in [0.29, 0.717) is 19.0 Å². The molecule has 1 saturated carbocycles. The Morgan fingerprint density at radius 3 is 2.67 bits per heavy atom. The Morgan fingerprint density at radius 2 is 2.17 bits per heavy atom. The molecule has 1 rings (SSSR count). The van der Waals surface area contributed by atoms with Crippen LogP contribution in [0, 0.1) is 5.92 Å². The fraction of sp³-hybridized carbons (Fsp3) is 0.833. The summed E-state index contributed by atoms with van der Waals surface area (Å²) in [7, 11) is 0. The predicted molar refractivity (Wildman–Crippen MR) is 66.4 cm³/mol. The third-order valence-electron chi connectivity index (χ3n) is 3.12. The van der Waals surface area contributed by atoms with Crippen LogP contribution in [-0.4, -0.2) is 54.9 Å². The van der Waals surface area contributed by atoms with Crippen molar-refractivity contribution in [1.82, 2.24) is 10.2 Å². The molecule has 6 heteroatoms. The molecule has 0 aromatic rings. The average Bonchev–Trinajstić information content (AvgIpc) is 2.26. The molecule has 6 nitrogen and oxygen atoms in total. The number of rotatable bonds is 8. The lowest BCUT2D eigenvalue weighted by atomic mass is 9.85. The van der Waals surface area contributed by atoms with E-state index in [1.807, 2.05) is 6.92 Å². The summed E-state index contributed by atoms with van der Waals surface area (Å²) in [6.45, 7) is 3.71. The molecule has 0 aliphatic heterocycles. The molecule has 104 valence electrons. The van der Waals surface area contributed by atoms with E-state index in [9.17, 15) is 9.59 Å². The molecule has 2 amide bonds. The van der Waals surface area contributed by atoms with Crippen molar-refractivity contribution in [3.63, 3.8) is 0 Å². The fourth-order valence-corrected chi connectivity index (χ4v) is 1.84. The summed E-state index contributed by atoms with van der Waals surface area (Å²) in [5.74, 6) is -0.347. The Labute approximate surface area is 107 Å². The van der Waals surface area contributed by atoms with Crippen LogP contribution in [0.3, 0.4) is 0 Å². The first-order chi connectivity index (χ1) is 8.63. The Balaban J connectivity index is 2.10. The molecular weight excluding hydrogens is 236 g/mol. The van der Waals surface area contributed by atoms with Gasteiger partial charge in [0.2, 0.25) is 0 Å². The van der Waals surface area contributed by atoms with E-state index in [1.54, 1.807) is 4.90 Å². The zero-order chi connectivity index (χ0) is 13.4. The van der Waals surface area contributed by atoms with Gasteiger partial charge in [-0.1, -0.05) is 6.42 Å². The largest absolute Gasteiger partial charge is 0.480 e. The summed E-state index contributed by atoms with van der Waals surface area (Å²) in [4.78, 5) is 23.8. The number of aliphatic carboxylic acids is 1. The maximum Gasteiger partial charge on any atom is 0.329 e. The van der Waals surface area contributed by atoms with Crippen molar-refractivity contribution in [2.24, 2.45) is 5.92 Å². The third kappa shape index (κ3) is 5.35. The molecule has 1 fully saturated rings. The Hall–Kier alpha value is -1.30. The lowest BCUT2D eigenvalue weighted by Crippen LogP contribution is -2.44. The van der Waals surface area contributed by atoms with Gasteiger partial charge in [0.05, 0.1) is 6.61 Å². The van der Waals surface area contributed by atoms with E-state index in [2.05, 4.69) is 5.32 Å². The average molecular weight is 258 g/mol. The number of ether oxygens (including phenoxy) is 1. The van der Waals surface area contributed by atoms with Crippen molar-refractivity contribution in [2.75, 3.05) is 32.8 Å². The molecule has 0 aromatic carbocycles. The number of urea groups is 1. The molecule has 1 aliphatic carbocycles. The quantitative estimate of drug-likeness (QED) is 0.634. The van der Waals surface area contributed by atoms with Crippen LogP contribution in [0.15, 0.2) is 0 Å². The Bertz CT molecular complexity index is 279. The van der Waals surface area contributed by atoms with Crippen LogP contribution in [0.25, 0.3) is 0 Å². The van der Waals surface area contributed by atoms with Gasteiger partial charge in [-0.15, -0.1) is 0 Å². The Morgan fingerprint density at radius 1 is 1.44 bits per heavy atom. The lowest BCUT2D eigenvalue weighted by molar-refractivity contribution is -0.142. The van der Waals surface area contributed by atoms with Crippen molar-refractivity contribution in [1.29, 1.82) is 0 Å². The molecule has 0 heterocycles. The number of nitrogens with one attached hydrogen (secondary N) is 1. The van der Waals surface area contributed by atoms with E-state index >= 15 is 0 Å². The number of amides is 2. The van der Waals surface area contributed by atoms with Crippen molar-refractivity contribution in [3.8, 4) is 0 Å². The van der Waals surface area contributed by atoms with Crippen LogP contribution in [0.1, 0.15) is 26.2 Å². The molecule has 0 bridgehead atoms. The van der Waals surface area contributed by atoms with Crippen molar-refractivity contribution < 1.29 is 19.4 Å². The van der Waals surface area contributed by atoms with Crippen LogP contribution in [0.2, 0.25) is 0 Å². The number of hydrogen-bond donors (Lipinski definition) is 2. The van der Waals surface area contributed by atoms with E-state index in [-0.39, 0.29) is 19.2 Å². The summed E-state index contributed by atoms with van der Waals surface area (Å²) in [5.41, 5.74) is 0. The number of hydrogen-bond acceptors (Lipinski definition) is 3. The van der Waals surface area contributed by atoms with Gasteiger partial charge in [0.25, 0.3) is 0 Å². The van der Waals surface area contributed by atoms with Crippen LogP contribution in [0.4, 0.5) is 4.79 Å². The molecule has 18 heavy (non-hydrogen) atoms. The van der Waals surface area contributed by atoms with Crippen LogP contribution < -0.4 is 5.32 Å². The van der Waals surface area contributed by atoms with Crippen LogP contribution in [-0.2, 0) is 9.53 Å². The van der Waals surface area contributed by atoms with Crippen molar-refractivity contribution in [3.05, 3.63) is 0 Å². The molecule has 0 saturated heterocycles. The van der Waals surface area contributed by atoms with Crippen molar-refractivity contribution >= 4 is 12.0 Å². The Kier molecular flexibility index (Phi) is 6.49. The molecule has 1 aliphatic rings. The van der Waals surface area contributed by atoms with Gasteiger partial charge < -0.3 is 20.1 Å². The van der Waals surface area contributed by atoms with Crippen LogP contribution in [0.5, 0.6) is 0 Å². The van der Waals surface area contributed by atoms with E-state index < -0.39 is 5.97 Å². The molecule has 0 radical (unpaired) electrons. The van der Waals surface area contributed by atoms with Gasteiger partial charge >= 0.3 is 12.0 Å². The minimum absolute atomic E-state index is 0.0941. The zero-order valence-electron chi connectivity index (χ0n) is 10.9. The van der Waals surface area contributed by atoms with E-state index in [0.717, 1.165) is 6.54 Å².